The molecule has 118 valence electrons. The SMILES string of the molecule is NS(=O)(=O)CCNS(=O)(=O)c1ccc(F)c(C(=O)O)c1F. The molecule has 0 aliphatic heterocycles. The minimum absolute atomic E-state index is 0.473. The smallest absolute Gasteiger partial charge is 0.341 e. The van der Waals surface area contributed by atoms with Crippen LogP contribution < -0.4 is 9.86 Å². The molecule has 0 aliphatic rings. The molecule has 8 nitrogen and oxygen atoms in total. The highest BCUT2D eigenvalue weighted by atomic mass is 32.2. The van der Waals surface area contributed by atoms with Crippen LogP contribution in [0.2, 0.25) is 0 Å². The Hall–Kier alpha value is -1.63. The maximum Gasteiger partial charge on any atom is 0.341 e. The zero-order valence-electron chi connectivity index (χ0n) is 10.2. The van der Waals surface area contributed by atoms with E-state index in [0.717, 1.165) is 0 Å². The van der Waals surface area contributed by atoms with Crippen LogP contribution in [0.25, 0.3) is 0 Å². The van der Waals surface area contributed by atoms with Crippen LogP contribution >= 0.6 is 0 Å². The number of carboxylic acids is 1. The van der Waals surface area contributed by atoms with Crippen molar-refractivity contribution in [3.8, 4) is 0 Å². The molecule has 0 spiro atoms. The standard InChI is InChI=1S/C9H10F2N2O6S2/c10-5-1-2-6(8(11)7(5)9(14)15)21(18,19)13-3-4-20(12,16)17/h1-2,13H,3-4H2,(H,14,15)(H2,12,16,17). The van der Waals surface area contributed by atoms with Gasteiger partial charge in [0.2, 0.25) is 20.0 Å². The quantitative estimate of drug-likeness (QED) is 0.618. The summed E-state index contributed by atoms with van der Waals surface area (Å²) in [4.78, 5) is 9.56. The molecule has 0 aromatic heterocycles. The van der Waals surface area contributed by atoms with Gasteiger partial charge in [0.25, 0.3) is 0 Å². The van der Waals surface area contributed by atoms with Crippen LogP contribution in [-0.4, -0.2) is 40.2 Å². The maximum absolute atomic E-state index is 13.8. The Bertz CT molecular complexity index is 776. The molecule has 12 heteroatoms. The molecule has 0 aliphatic carbocycles. The molecule has 21 heavy (non-hydrogen) atoms. The van der Waals surface area contributed by atoms with Gasteiger partial charge in [0, 0.05) is 6.54 Å². The fourth-order valence-corrected chi connectivity index (χ4v) is 2.96. The lowest BCUT2D eigenvalue weighted by Crippen LogP contribution is -2.32. The summed E-state index contributed by atoms with van der Waals surface area (Å²) in [7, 11) is -8.50. The summed E-state index contributed by atoms with van der Waals surface area (Å²) in [6.45, 7) is -0.652. The monoisotopic (exact) mass is 344 g/mol. The summed E-state index contributed by atoms with van der Waals surface area (Å²) < 4.78 is 73.4. The third-order valence-electron chi connectivity index (χ3n) is 2.24. The Morgan fingerprint density at radius 1 is 1.24 bits per heavy atom. The van der Waals surface area contributed by atoms with Crippen LogP contribution in [0.4, 0.5) is 8.78 Å². The Kier molecular flexibility index (Phi) is 4.99. The van der Waals surface area contributed by atoms with E-state index in [-0.39, 0.29) is 0 Å². The Balaban J connectivity index is 3.15. The van der Waals surface area contributed by atoms with E-state index in [0.29, 0.717) is 12.1 Å². The molecule has 1 rings (SSSR count). The summed E-state index contributed by atoms with van der Waals surface area (Å²) in [6, 6.07) is 0.997. The Morgan fingerprint density at radius 3 is 2.29 bits per heavy atom. The van der Waals surface area contributed by atoms with E-state index in [4.69, 9.17) is 5.11 Å². The summed E-state index contributed by atoms with van der Waals surface area (Å²) >= 11 is 0. The summed E-state index contributed by atoms with van der Waals surface area (Å²) in [5, 5.41) is 13.3. The number of hydrogen-bond donors (Lipinski definition) is 3. The van der Waals surface area contributed by atoms with Crippen molar-refractivity contribution in [2.75, 3.05) is 12.3 Å². The molecule has 1 aromatic rings. The number of rotatable bonds is 6. The molecular weight excluding hydrogens is 334 g/mol. The lowest BCUT2D eigenvalue weighted by atomic mass is 10.2. The van der Waals surface area contributed by atoms with Crippen molar-refractivity contribution in [1.82, 2.24) is 4.72 Å². The summed E-state index contributed by atoms with van der Waals surface area (Å²) in [5.74, 6) is -5.96. The molecule has 0 atom stereocenters. The van der Waals surface area contributed by atoms with Gasteiger partial charge in [0.1, 0.15) is 16.3 Å². The molecular formula is C9H10F2N2O6S2. The number of aromatic carboxylic acids is 1. The van der Waals surface area contributed by atoms with Gasteiger partial charge in [-0.15, -0.1) is 0 Å². The number of carboxylic acid groups (broad SMARTS) is 1. The second-order valence-electron chi connectivity index (χ2n) is 3.80. The largest absolute Gasteiger partial charge is 0.477 e. The third kappa shape index (κ3) is 4.42. The van der Waals surface area contributed by atoms with Crippen molar-refractivity contribution in [3.63, 3.8) is 0 Å². The van der Waals surface area contributed by atoms with Crippen molar-refractivity contribution >= 4 is 26.0 Å². The highest BCUT2D eigenvalue weighted by molar-refractivity contribution is 7.90. The first kappa shape index (κ1) is 17.4. The molecule has 0 heterocycles. The number of nitrogens with two attached hydrogens (primary N) is 1. The number of carbonyl (C=O) groups is 1. The first-order valence-corrected chi connectivity index (χ1v) is 8.37. The van der Waals surface area contributed by atoms with Gasteiger partial charge in [-0.3, -0.25) is 0 Å². The van der Waals surface area contributed by atoms with Gasteiger partial charge in [0.15, 0.2) is 5.82 Å². The molecule has 0 radical (unpaired) electrons. The second-order valence-corrected chi connectivity index (χ2v) is 7.27. The van der Waals surface area contributed by atoms with Gasteiger partial charge >= 0.3 is 5.97 Å². The van der Waals surface area contributed by atoms with Gasteiger partial charge in [-0.1, -0.05) is 0 Å². The van der Waals surface area contributed by atoms with Gasteiger partial charge in [0.05, 0.1) is 5.75 Å². The third-order valence-corrected chi connectivity index (χ3v) is 4.49. The fraction of sp³-hybridized carbons (Fsp3) is 0.222. The summed E-state index contributed by atoms with van der Waals surface area (Å²) in [6.07, 6.45) is 0. The molecule has 0 saturated carbocycles. The molecule has 0 amide bonds. The first-order valence-electron chi connectivity index (χ1n) is 5.17. The number of hydrogen-bond acceptors (Lipinski definition) is 5. The molecule has 0 fully saturated rings. The summed E-state index contributed by atoms with van der Waals surface area (Å²) in [5.41, 5.74) is -1.43. The van der Waals surface area contributed by atoms with Crippen molar-refractivity contribution in [1.29, 1.82) is 0 Å². The number of halogens is 2. The van der Waals surface area contributed by atoms with Crippen LogP contribution in [0, 0.1) is 11.6 Å². The average Bonchev–Trinajstić information content (AvgIpc) is 2.25. The number of sulfonamides is 2. The van der Waals surface area contributed by atoms with Gasteiger partial charge in [-0.05, 0) is 12.1 Å². The second kappa shape index (κ2) is 6.01. The van der Waals surface area contributed by atoms with E-state index in [9.17, 15) is 30.4 Å². The van der Waals surface area contributed by atoms with Crippen LogP contribution in [0.15, 0.2) is 17.0 Å². The van der Waals surface area contributed by atoms with E-state index in [1.165, 1.54) is 0 Å². The minimum atomic E-state index is -4.56. The average molecular weight is 344 g/mol. The predicted octanol–water partition coefficient (Wildman–Crippen LogP) is -0.770. The maximum atomic E-state index is 13.8. The highest BCUT2D eigenvalue weighted by Crippen LogP contribution is 2.20. The number of benzene rings is 1. The molecule has 0 unspecified atom stereocenters. The fourth-order valence-electron chi connectivity index (χ4n) is 1.33. The Labute approximate surface area is 118 Å². The normalized spacial score (nSPS) is 12.3. The van der Waals surface area contributed by atoms with E-state index in [1.807, 2.05) is 0 Å². The minimum Gasteiger partial charge on any atom is -0.477 e. The molecule has 0 saturated heterocycles. The van der Waals surface area contributed by atoms with Gasteiger partial charge < -0.3 is 5.11 Å². The van der Waals surface area contributed by atoms with E-state index >= 15 is 0 Å². The number of nitrogens with one attached hydrogen (secondary N) is 1. The lowest BCUT2D eigenvalue weighted by molar-refractivity contribution is 0.0685. The number of primary sulfonamides is 1. The molecule has 0 bridgehead atoms. The van der Waals surface area contributed by atoms with Crippen molar-refractivity contribution in [3.05, 3.63) is 29.3 Å². The van der Waals surface area contributed by atoms with Crippen molar-refractivity contribution in [2.45, 2.75) is 4.90 Å². The molecule has 1 aromatic carbocycles. The molecule has 4 N–H and O–H groups in total. The van der Waals surface area contributed by atoms with E-state index in [2.05, 4.69) is 5.14 Å². The highest BCUT2D eigenvalue weighted by Gasteiger charge is 2.26. The van der Waals surface area contributed by atoms with Crippen molar-refractivity contribution < 1.29 is 35.5 Å². The Morgan fingerprint density at radius 2 is 1.81 bits per heavy atom. The topological polar surface area (TPSA) is 144 Å². The van der Waals surface area contributed by atoms with Crippen molar-refractivity contribution in [2.24, 2.45) is 5.14 Å². The zero-order valence-corrected chi connectivity index (χ0v) is 11.8. The van der Waals surface area contributed by atoms with Gasteiger partial charge in [-0.2, -0.15) is 0 Å². The predicted molar refractivity (Wildman–Crippen MR) is 66.5 cm³/mol. The van der Waals surface area contributed by atoms with Crippen LogP contribution in [-0.2, 0) is 20.0 Å². The zero-order chi connectivity index (χ0) is 16.4. The van der Waals surface area contributed by atoms with Crippen LogP contribution in [0.1, 0.15) is 10.4 Å². The van der Waals surface area contributed by atoms with Crippen LogP contribution in [0.5, 0.6) is 0 Å². The van der Waals surface area contributed by atoms with Crippen LogP contribution in [0.3, 0.4) is 0 Å². The van der Waals surface area contributed by atoms with E-state index in [1.54, 1.807) is 4.72 Å². The lowest BCUT2D eigenvalue weighted by Gasteiger charge is -2.09. The van der Waals surface area contributed by atoms with Gasteiger partial charge in [-0.25, -0.2) is 40.3 Å². The van der Waals surface area contributed by atoms with E-state index < -0.39 is 60.4 Å². The first-order chi connectivity index (χ1) is 9.46.